The summed E-state index contributed by atoms with van der Waals surface area (Å²) >= 11 is 0. The molecule has 3 unspecified atom stereocenters. The highest BCUT2D eigenvalue weighted by molar-refractivity contribution is 5.89. The molecule has 0 heteroatoms. The molecule has 0 amide bonds. The third-order valence-electron chi connectivity index (χ3n) is 7.17. The first-order valence-corrected chi connectivity index (χ1v) is 10.1. The highest BCUT2D eigenvalue weighted by Gasteiger charge is 2.49. The second kappa shape index (κ2) is 4.70. The van der Waals surface area contributed by atoms with Crippen molar-refractivity contribution >= 4 is 16.8 Å². The van der Waals surface area contributed by atoms with Crippen molar-refractivity contribution in [3.8, 4) is 0 Å². The lowest BCUT2D eigenvalue weighted by Gasteiger charge is -2.38. The van der Waals surface area contributed by atoms with E-state index in [0.29, 0.717) is 11.8 Å². The van der Waals surface area contributed by atoms with Crippen molar-refractivity contribution < 1.29 is 0 Å². The molecule has 1 saturated carbocycles. The van der Waals surface area contributed by atoms with Gasteiger partial charge in [-0.15, -0.1) is 0 Å². The van der Waals surface area contributed by atoms with Crippen LogP contribution in [0.4, 0.5) is 0 Å². The highest BCUT2D eigenvalue weighted by atomic mass is 14.5. The van der Waals surface area contributed by atoms with E-state index in [2.05, 4.69) is 85.0 Å². The van der Waals surface area contributed by atoms with Crippen LogP contribution in [-0.2, 0) is 5.41 Å². The molecule has 5 aliphatic rings. The predicted octanol–water partition coefficient (Wildman–Crippen LogP) is 6.43. The summed E-state index contributed by atoms with van der Waals surface area (Å²) in [6.07, 6.45) is 21.5. The molecule has 0 heterocycles. The van der Waals surface area contributed by atoms with Crippen LogP contribution < -0.4 is 0 Å². The molecule has 3 atom stereocenters. The average molecular weight is 344 g/mol. The first kappa shape index (κ1) is 14.2. The fourth-order valence-corrected chi connectivity index (χ4v) is 5.74. The van der Waals surface area contributed by atoms with E-state index in [1.54, 1.807) is 16.7 Å². The standard InChI is InChI=1S/C27H20/c1-3-7-19-14-25-21(11-17(19)5-1)9-10-27(25)16-22-13-23(22)24-12-18-6-2-4-8-20(18)15-26(24)27/h1-12,14,16,20,23H,13,15H2. The summed E-state index contributed by atoms with van der Waals surface area (Å²) in [6.45, 7) is 0. The van der Waals surface area contributed by atoms with Crippen LogP contribution in [0.15, 0.2) is 101 Å². The molecule has 0 N–H and O–H groups in total. The summed E-state index contributed by atoms with van der Waals surface area (Å²) in [6, 6.07) is 13.6. The van der Waals surface area contributed by atoms with Gasteiger partial charge >= 0.3 is 0 Å². The van der Waals surface area contributed by atoms with Gasteiger partial charge in [-0.3, -0.25) is 0 Å². The molecular formula is C27H20. The van der Waals surface area contributed by atoms with Gasteiger partial charge in [0.25, 0.3) is 0 Å². The van der Waals surface area contributed by atoms with Gasteiger partial charge in [0.05, 0.1) is 5.41 Å². The van der Waals surface area contributed by atoms with Crippen LogP contribution in [-0.4, -0.2) is 0 Å². The fraction of sp³-hybridized carbons (Fsp3) is 0.185. The zero-order chi connectivity index (χ0) is 17.6. The van der Waals surface area contributed by atoms with Gasteiger partial charge < -0.3 is 0 Å². The van der Waals surface area contributed by atoms with E-state index in [-0.39, 0.29) is 5.41 Å². The highest BCUT2D eigenvalue weighted by Crippen LogP contribution is 2.61. The molecule has 2 aromatic rings. The summed E-state index contributed by atoms with van der Waals surface area (Å²) in [5, 5.41) is 2.69. The normalized spacial score (nSPS) is 31.4. The van der Waals surface area contributed by atoms with E-state index in [0.717, 1.165) is 6.42 Å². The maximum absolute atomic E-state index is 2.61. The zero-order valence-electron chi connectivity index (χ0n) is 15.2. The number of allylic oxidation sites excluding steroid dienone is 11. The molecule has 2 aromatic carbocycles. The Morgan fingerprint density at radius 3 is 2.74 bits per heavy atom. The maximum atomic E-state index is 2.61. The summed E-state index contributed by atoms with van der Waals surface area (Å²) in [7, 11) is 0. The van der Waals surface area contributed by atoms with Gasteiger partial charge in [-0.2, -0.15) is 0 Å². The summed E-state index contributed by atoms with van der Waals surface area (Å²) in [5.74, 6) is 1.23. The lowest BCUT2D eigenvalue weighted by atomic mass is 9.64. The Hall–Kier alpha value is -2.86. The second-order valence-electron chi connectivity index (χ2n) is 8.60. The Morgan fingerprint density at radius 2 is 1.81 bits per heavy atom. The first-order valence-electron chi connectivity index (χ1n) is 10.1. The molecule has 128 valence electrons. The number of hydrogen-bond donors (Lipinski definition) is 0. The lowest BCUT2D eigenvalue weighted by Crippen LogP contribution is -2.29. The molecule has 0 aliphatic heterocycles. The van der Waals surface area contributed by atoms with Gasteiger partial charge in [-0.1, -0.05) is 78.4 Å². The quantitative estimate of drug-likeness (QED) is 0.483. The van der Waals surface area contributed by atoms with E-state index < -0.39 is 0 Å². The molecule has 0 radical (unpaired) electrons. The van der Waals surface area contributed by atoms with E-state index >= 15 is 0 Å². The van der Waals surface area contributed by atoms with Crippen molar-refractivity contribution in [3.63, 3.8) is 0 Å². The number of hydrogen-bond acceptors (Lipinski definition) is 0. The maximum Gasteiger partial charge on any atom is 0.0541 e. The van der Waals surface area contributed by atoms with Crippen molar-refractivity contribution in [2.45, 2.75) is 18.3 Å². The first-order chi connectivity index (χ1) is 13.3. The summed E-state index contributed by atoms with van der Waals surface area (Å²) in [4.78, 5) is 0. The van der Waals surface area contributed by atoms with Crippen LogP contribution in [0.3, 0.4) is 0 Å². The fourth-order valence-electron chi connectivity index (χ4n) is 5.74. The van der Waals surface area contributed by atoms with Crippen LogP contribution in [0, 0.1) is 11.8 Å². The molecule has 0 nitrogen and oxygen atoms in total. The molecule has 7 rings (SSSR count). The van der Waals surface area contributed by atoms with Crippen LogP contribution in [0.2, 0.25) is 0 Å². The number of benzene rings is 2. The summed E-state index contributed by atoms with van der Waals surface area (Å²) in [5.41, 5.74) is 9.26. The van der Waals surface area contributed by atoms with Gasteiger partial charge in [0, 0.05) is 11.8 Å². The topological polar surface area (TPSA) is 0 Å². The number of rotatable bonds is 0. The van der Waals surface area contributed by atoms with E-state index in [9.17, 15) is 0 Å². The zero-order valence-corrected chi connectivity index (χ0v) is 15.2. The molecule has 0 aromatic heterocycles. The molecule has 5 aliphatic carbocycles. The molecule has 0 bridgehead atoms. The van der Waals surface area contributed by atoms with Gasteiger partial charge in [0.15, 0.2) is 0 Å². The van der Waals surface area contributed by atoms with Gasteiger partial charge in [-0.05, 0) is 63.6 Å². The van der Waals surface area contributed by atoms with Crippen molar-refractivity contribution in [2.24, 2.45) is 11.8 Å². The SMILES string of the molecule is C1=CC2=CC3=C(CC2C=C1)C1(C=Cc2cc4ccccc4cc21)C=C1CC13. The van der Waals surface area contributed by atoms with Crippen molar-refractivity contribution in [3.05, 3.63) is 112 Å². The average Bonchev–Trinajstić information content (AvgIpc) is 3.41. The minimum Gasteiger partial charge on any atom is -0.0767 e. The van der Waals surface area contributed by atoms with E-state index in [1.807, 2.05) is 0 Å². The minimum absolute atomic E-state index is 0.0198. The third kappa shape index (κ3) is 1.78. The van der Waals surface area contributed by atoms with Gasteiger partial charge in [-0.25, -0.2) is 0 Å². The molecule has 27 heavy (non-hydrogen) atoms. The van der Waals surface area contributed by atoms with Gasteiger partial charge in [0.2, 0.25) is 0 Å². The minimum atomic E-state index is -0.0198. The van der Waals surface area contributed by atoms with Crippen LogP contribution >= 0.6 is 0 Å². The van der Waals surface area contributed by atoms with Crippen LogP contribution in [0.1, 0.15) is 24.0 Å². The smallest absolute Gasteiger partial charge is 0.0541 e. The van der Waals surface area contributed by atoms with Crippen molar-refractivity contribution in [1.29, 1.82) is 0 Å². The predicted molar refractivity (Wildman–Crippen MR) is 112 cm³/mol. The third-order valence-corrected chi connectivity index (χ3v) is 7.17. The molecule has 0 saturated heterocycles. The van der Waals surface area contributed by atoms with Crippen molar-refractivity contribution in [1.82, 2.24) is 0 Å². The Balaban J connectivity index is 1.49. The molecule has 1 fully saturated rings. The van der Waals surface area contributed by atoms with Crippen LogP contribution in [0.5, 0.6) is 0 Å². The Bertz CT molecular complexity index is 1220. The Labute approximate surface area is 159 Å². The van der Waals surface area contributed by atoms with E-state index in [4.69, 9.17) is 0 Å². The molecular weight excluding hydrogens is 324 g/mol. The van der Waals surface area contributed by atoms with Crippen molar-refractivity contribution in [2.75, 3.05) is 0 Å². The van der Waals surface area contributed by atoms with E-state index in [1.165, 1.54) is 33.9 Å². The number of fused-ring (bicyclic) bond motifs is 7. The van der Waals surface area contributed by atoms with Gasteiger partial charge in [0.1, 0.15) is 0 Å². The largest absolute Gasteiger partial charge is 0.0767 e. The lowest BCUT2D eigenvalue weighted by molar-refractivity contribution is 0.630. The summed E-state index contributed by atoms with van der Waals surface area (Å²) < 4.78 is 0. The Kier molecular flexibility index (Phi) is 2.48. The Morgan fingerprint density at radius 1 is 0.926 bits per heavy atom. The molecule has 1 spiro atoms. The van der Waals surface area contributed by atoms with Crippen LogP contribution in [0.25, 0.3) is 16.8 Å². The second-order valence-corrected chi connectivity index (χ2v) is 8.60. The monoisotopic (exact) mass is 344 g/mol.